The van der Waals surface area contributed by atoms with Crippen molar-refractivity contribution in [2.75, 3.05) is 37.7 Å². The van der Waals surface area contributed by atoms with Crippen molar-refractivity contribution in [2.45, 2.75) is 82.5 Å². The first-order valence-corrected chi connectivity index (χ1v) is 16.8. The van der Waals surface area contributed by atoms with Crippen molar-refractivity contribution < 1.29 is 23.0 Å². The van der Waals surface area contributed by atoms with E-state index in [4.69, 9.17) is 14.5 Å². The molecule has 4 aliphatic rings. The molecule has 0 N–H and O–H groups in total. The minimum Gasteiger partial charge on any atom is -0.461 e. The van der Waals surface area contributed by atoms with Crippen LogP contribution >= 0.6 is 0 Å². The van der Waals surface area contributed by atoms with Crippen molar-refractivity contribution >= 4 is 33.6 Å². The molecule has 11 heteroatoms. The van der Waals surface area contributed by atoms with Gasteiger partial charge in [0.1, 0.15) is 35.1 Å². The molecule has 0 saturated carbocycles. The molecule has 0 unspecified atom stereocenters. The summed E-state index contributed by atoms with van der Waals surface area (Å²) in [6.07, 6.45) is 7.38. The highest BCUT2D eigenvalue weighted by Gasteiger charge is 2.46. The van der Waals surface area contributed by atoms with Crippen LogP contribution in [0.5, 0.6) is 6.01 Å². The highest BCUT2D eigenvalue weighted by Crippen LogP contribution is 2.41. The van der Waals surface area contributed by atoms with Gasteiger partial charge in [-0.15, -0.1) is 0 Å². The van der Waals surface area contributed by atoms with Gasteiger partial charge in [0.25, 0.3) is 0 Å². The van der Waals surface area contributed by atoms with Gasteiger partial charge in [-0.05, 0) is 95.3 Å². The van der Waals surface area contributed by atoms with E-state index >= 15 is 4.39 Å². The third kappa shape index (κ3) is 5.32. The van der Waals surface area contributed by atoms with Gasteiger partial charge < -0.3 is 14.4 Å². The second-order valence-corrected chi connectivity index (χ2v) is 14.6. The number of nitrogens with zero attached hydrogens (tertiary/aromatic N) is 6. The Bertz CT molecular complexity index is 1860. The van der Waals surface area contributed by atoms with Gasteiger partial charge >= 0.3 is 12.1 Å². The zero-order valence-corrected chi connectivity index (χ0v) is 27.1. The molecule has 4 fully saturated rings. The monoisotopic (exact) mass is 642 g/mol. The van der Waals surface area contributed by atoms with Gasteiger partial charge in [-0.25, -0.2) is 13.6 Å². The number of rotatable bonds is 5. The van der Waals surface area contributed by atoms with Crippen molar-refractivity contribution in [3.63, 3.8) is 0 Å². The fraction of sp³-hybridized carbons (Fsp3) is 0.500. The van der Waals surface area contributed by atoms with Crippen LogP contribution in [0.1, 0.15) is 59.3 Å². The number of hydrogen-bond acceptors (Lipinski definition) is 8. The van der Waals surface area contributed by atoms with Crippen molar-refractivity contribution in [2.24, 2.45) is 0 Å². The number of amides is 1. The lowest BCUT2D eigenvalue weighted by Crippen LogP contribution is -2.57. The van der Waals surface area contributed by atoms with Crippen molar-refractivity contribution in [3.8, 4) is 17.3 Å². The number of halogens is 2. The standard InChI is InChI=1S/C36H40F2N6O3/c1-35(2,3)47-34(45)44-24-11-12-25(44)20-42(19-24)32-28-18-39-30(26-8-4-7-22-9-10-23(37)17-27(22)26)29(38)31(28)40-33(41-32)46-21-36-13-5-15-43(36)16-6-14-36/h4,7-10,17-18,24-25H,5-6,11-16,19-21H2,1-3H3/t24-,25-/m0/s1. The molecule has 47 heavy (non-hydrogen) atoms. The molecule has 8 rings (SSSR count). The largest absolute Gasteiger partial charge is 0.461 e. The zero-order chi connectivity index (χ0) is 32.5. The van der Waals surface area contributed by atoms with E-state index < -0.39 is 17.2 Å². The van der Waals surface area contributed by atoms with Crippen LogP contribution in [-0.2, 0) is 4.74 Å². The number of fused-ring (bicyclic) bond motifs is 5. The molecule has 246 valence electrons. The maximum absolute atomic E-state index is 16.8. The van der Waals surface area contributed by atoms with E-state index in [0.29, 0.717) is 41.9 Å². The molecular formula is C36H40F2N6O3. The van der Waals surface area contributed by atoms with E-state index in [0.717, 1.165) is 57.0 Å². The Hall–Kier alpha value is -4.12. The number of piperazine rings is 1. The number of pyridine rings is 1. The van der Waals surface area contributed by atoms with Crippen LogP contribution < -0.4 is 9.64 Å². The number of benzene rings is 2. The second kappa shape index (κ2) is 11.2. The lowest BCUT2D eigenvalue weighted by atomic mass is 9.95. The molecule has 2 aromatic carbocycles. The van der Waals surface area contributed by atoms with Crippen LogP contribution in [0.2, 0.25) is 0 Å². The Labute approximate surface area is 272 Å². The van der Waals surface area contributed by atoms with Gasteiger partial charge in [-0.3, -0.25) is 14.8 Å². The maximum atomic E-state index is 16.8. The summed E-state index contributed by atoms with van der Waals surface area (Å²) in [5, 5.41) is 1.82. The predicted octanol–water partition coefficient (Wildman–Crippen LogP) is 6.72. The molecule has 6 heterocycles. The van der Waals surface area contributed by atoms with Gasteiger partial charge in [0.05, 0.1) is 23.0 Å². The Kier molecular flexibility index (Phi) is 7.23. The first kappa shape index (κ1) is 30.2. The number of aromatic nitrogens is 3. The first-order valence-electron chi connectivity index (χ1n) is 16.8. The van der Waals surface area contributed by atoms with Crippen molar-refractivity contribution in [1.29, 1.82) is 0 Å². The predicted molar refractivity (Wildman–Crippen MR) is 176 cm³/mol. The quantitative estimate of drug-likeness (QED) is 0.237. The Morgan fingerprint density at radius 1 is 1.00 bits per heavy atom. The third-order valence-electron chi connectivity index (χ3n) is 10.4. The lowest BCUT2D eigenvalue weighted by molar-refractivity contribution is 0.0122. The second-order valence-electron chi connectivity index (χ2n) is 14.6. The van der Waals surface area contributed by atoms with E-state index in [-0.39, 0.29) is 40.9 Å². The summed E-state index contributed by atoms with van der Waals surface area (Å²) in [5.74, 6) is -0.469. The van der Waals surface area contributed by atoms with Crippen molar-refractivity contribution in [3.05, 3.63) is 54.2 Å². The Balaban J connectivity index is 1.20. The molecular weight excluding hydrogens is 602 g/mol. The normalized spacial score (nSPS) is 22.3. The maximum Gasteiger partial charge on any atom is 0.410 e. The summed E-state index contributed by atoms with van der Waals surface area (Å²) >= 11 is 0. The molecule has 2 aromatic heterocycles. The van der Waals surface area contributed by atoms with Gasteiger partial charge in [0, 0.05) is 24.8 Å². The van der Waals surface area contributed by atoms with Gasteiger partial charge in [0.2, 0.25) is 0 Å². The number of hydrogen-bond donors (Lipinski definition) is 0. The van der Waals surface area contributed by atoms with E-state index in [9.17, 15) is 9.18 Å². The molecule has 4 saturated heterocycles. The SMILES string of the molecule is CC(C)(C)OC(=O)N1[C@H]2CC[C@H]1CN(c1nc(OCC34CCCN3CCC4)nc3c(F)c(-c4cccc5ccc(F)cc45)ncc13)C2. The summed E-state index contributed by atoms with van der Waals surface area (Å²) in [6, 6.07) is 9.91. The van der Waals surface area contributed by atoms with Gasteiger partial charge in [0.15, 0.2) is 5.82 Å². The minimum absolute atomic E-state index is 0.0361. The molecule has 4 aromatic rings. The van der Waals surface area contributed by atoms with Gasteiger partial charge in [-0.2, -0.15) is 9.97 Å². The van der Waals surface area contributed by atoms with Crippen LogP contribution in [0.25, 0.3) is 32.9 Å². The minimum atomic E-state index is -0.607. The molecule has 0 aliphatic carbocycles. The van der Waals surface area contributed by atoms with Crippen LogP contribution in [-0.4, -0.2) is 86.9 Å². The van der Waals surface area contributed by atoms with Crippen LogP contribution in [0.4, 0.5) is 19.4 Å². The highest BCUT2D eigenvalue weighted by atomic mass is 19.1. The van der Waals surface area contributed by atoms with E-state index in [1.807, 2.05) is 37.8 Å². The molecule has 4 aliphatic heterocycles. The summed E-state index contributed by atoms with van der Waals surface area (Å²) in [6.45, 7) is 9.22. The number of anilines is 1. The molecule has 0 spiro atoms. The summed E-state index contributed by atoms with van der Waals surface area (Å²) in [7, 11) is 0. The van der Waals surface area contributed by atoms with Crippen LogP contribution in [0.15, 0.2) is 42.6 Å². The number of carbonyl (C=O) groups is 1. The fourth-order valence-corrected chi connectivity index (χ4v) is 8.31. The topological polar surface area (TPSA) is 83.9 Å². The Morgan fingerprint density at radius 2 is 1.74 bits per heavy atom. The fourth-order valence-electron chi connectivity index (χ4n) is 8.31. The third-order valence-corrected chi connectivity index (χ3v) is 10.4. The Morgan fingerprint density at radius 3 is 2.47 bits per heavy atom. The number of carbonyl (C=O) groups excluding carboxylic acids is 1. The zero-order valence-electron chi connectivity index (χ0n) is 27.1. The van der Waals surface area contributed by atoms with E-state index in [1.165, 1.54) is 12.1 Å². The highest BCUT2D eigenvalue weighted by molar-refractivity contribution is 5.99. The number of ether oxygens (including phenoxy) is 2. The van der Waals surface area contributed by atoms with Crippen LogP contribution in [0, 0.1) is 11.6 Å². The van der Waals surface area contributed by atoms with E-state index in [2.05, 4.69) is 19.8 Å². The molecule has 0 radical (unpaired) electrons. The van der Waals surface area contributed by atoms with Crippen LogP contribution in [0.3, 0.4) is 0 Å². The van der Waals surface area contributed by atoms with Gasteiger partial charge in [-0.1, -0.05) is 24.3 Å². The molecule has 2 atom stereocenters. The molecule has 9 nitrogen and oxygen atoms in total. The summed E-state index contributed by atoms with van der Waals surface area (Å²) < 4.78 is 43.2. The smallest absolute Gasteiger partial charge is 0.410 e. The van der Waals surface area contributed by atoms with E-state index in [1.54, 1.807) is 18.3 Å². The summed E-state index contributed by atoms with van der Waals surface area (Å²) in [4.78, 5) is 33.8. The molecule has 2 bridgehead atoms. The summed E-state index contributed by atoms with van der Waals surface area (Å²) in [5.41, 5.74) is 0.0613. The lowest BCUT2D eigenvalue weighted by Gasteiger charge is -2.42. The van der Waals surface area contributed by atoms with Crippen molar-refractivity contribution in [1.82, 2.24) is 24.8 Å². The average molecular weight is 643 g/mol. The molecule has 1 amide bonds. The first-order chi connectivity index (χ1) is 22.6. The average Bonchev–Trinajstić information content (AvgIpc) is 3.70.